The van der Waals surface area contributed by atoms with Crippen LogP contribution in [0, 0.1) is 11.6 Å². The van der Waals surface area contributed by atoms with Crippen molar-refractivity contribution in [3.05, 3.63) is 71.3 Å². The molecule has 1 amide bonds. The highest BCUT2D eigenvalue weighted by Crippen LogP contribution is 2.26. The molecule has 1 fully saturated rings. The first kappa shape index (κ1) is 15.6. The van der Waals surface area contributed by atoms with Crippen LogP contribution in [0.5, 0.6) is 0 Å². The zero-order valence-electron chi connectivity index (χ0n) is 12.7. The fraction of sp³-hybridized carbons (Fsp3) is 0.278. The maximum absolute atomic E-state index is 13.3. The van der Waals surface area contributed by atoms with E-state index in [0.717, 1.165) is 5.56 Å². The summed E-state index contributed by atoms with van der Waals surface area (Å²) < 4.78 is 32.2. The number of ether oxygens (including phenoxy) is 1. The van der Waals surface area contributed by atoms with Gasteiger partial charge in [0.2, 0.25) is 0 Å². The maximum Gasteiger partial charge on any atom is 0.254 e. The molecule has 3 nitrogen and oxygen atoms in total. The van der Waals surface area contributed by atoms with Crippen molar-refractivity contribution in [3.63, 3.8) is 0 Å². The minimum atomic E-state index is -0.438. The van der Waals surface area contributed by atoms with Crippen LogP contribution in [0.3, 0.4) is 0 Å². The molecule has 23 heavy (non-hydrogen) atoms. The number of rotatable bonds is 2. The van der Waals surface area contributed by atoms with Gasteiger partial charge in [0, 0.05) is 12.1 Å². The second-order valence-corrected chi connectivity index (χ2v) is 5.71. The summed E-state index contributed by atoms with van der Waals surface area (Å²) in [5.74, 6) is -0.982. The lowest BCUT2D eigenvalue weighted by molar-refractivity contribution is -0.0692. The quantitative estimate of drug-likeness (QED) is 0.847. The van der Waals surface area contributed by atoms with Crippen LogP contribution in [-0.4, -0.2) is 30.0 Å². The highest BCUT2D eigenvalue weighted by molar-refractivity contribution is 5.94. The molecule has 0 saturated carbocycles. The van der Waals surface area contributed by atoms with E-state index in [-0.39, 0.29) is 23.9 Å². The number of carbonyl (C=O) groups is 1. The number of hydrogen-bond donors (Lipinski definition) is 0. The van der Waals surface area contributed by atoms with Gasteiger partial charge in [-0.25, -0.2) is 8.78 Å². The van der Waals surface area contributed by atoms with Crippen LogP contribution in [0.2, 0.25) is 0 Å². The highest BCUT2D eigenvalue weighted by atomic mass is 19.1. The molecule has 0 aliphatic carbocycles. The van der Waals surface area contributed by atoms with Gasteiger partial charge in [-0.15, -0.1) is 0 Å². The summed E-state index contributed by atoms with van der Waals surface area (Å²) in [5, 5.41) is 0. The second-order valence-electron chi connectivity index (χ2n) is 5.71. The molecule has 1 aliphatic rings. The van der Waals surface area contributed by atoms with Gasteiger partial charge in [0.05, 0.1) is 12.6 Å². The summed E-state index contributed by atoms with van der Waals surface area (Å²) in [5.41, 5.74) is 1.13. The number of amides is 1. The molecule has 0 spiro atoms. The van der Waals surface area contributed by atoms with Crippen molar-refractivity contribution in [3.8, 4) is 0 Å². The van der Waals surface area contributed by atoms with Crippen LogP contribution in [0.25, 0.3) is 0 Å². The largest absolute Gasteiger partial charge is 0.367 e. The summed E-state index contributed by atoms with van der Waals surface area (Å²) in [6.07, 6.45) is -0.479. The number of carbonyl (C=O) groups excluding carboxylic acids is 1. The van der Waals surface area contributed by atoms with Gasteiger partial charge in [0.15, 0.2) is 0 Å². The molecule has 1 saturated heterocycles. The second kappa shape index (κ2) is 6.46. The Morgan fingerprint density at radius 3 is 2.52 bits per heavy atom. The Labute approximate surface area is 133 Å². The van der Waals surface area contributed by atoms with Gasteiger partial charge >= 0.3 is 0 Å². The van der Waals surface area contributed by atoms with E-state index in [4.69, 9.17) is 4.74 Å². The Morgan fingerprint density at radius 1 is 1.09 bits per heavy atom. The molecule has 0 aromatic heterocycles. The van der Waals surface area contributed by atoms with E-state index in [1.165, 1.54) is 30.3 Å². The molecule has 1 aliphatic heterocycles. The van der Waals surface area contributed by atoms with Gasteiger partial charge in [-0.05, 0) is 42.8 Å². The Morgan fingerprint density at radius 2 is 1.83 bits per heavy atom. The molecule has 0 N–H and O–H groups in total. The Kier molecular flexibility index (Phi) is 4.39. The number of hydrogen-bond acceptors (Lipinski definition) is 2. The summed E-state index contributed by atoms with van der Waals surface area (Å²) in [6, 6.07) is 11.7. The smallest absolute Gasteiger partial charge is 0.254 e. The summed E-state index contributed by atoms with van der Waals surface area (Å²) in [7, 11) is 0. The molecule has 2 aromatic carbocycles. The van der Waals surface area contributed by atoms with Gasteiger partial charge in [0.1, 0.15) is 17.7 Å². The molecule has 2 aromatic rings. The zero-order chi connectivity index (χ0) is 16.4. The van der Waals surface area contributed by atoms with E-state index < -0.39 is 5.82 Å². The monoisotopic (exact) mass is 317 g/mol. The molecule has 2 unspecified atom stereocenters. The minimum Gasteiger partial charge on any atom is -0.367 e. The van der Waals surface area contributed by atoms with Gasteiger partial charge in [-0.3, -0.25) is 4.79 Å². The SMILES string of the molecule is CC1CN(C(=O)c2cccc(F)c2)CC(c2ccc(F)cc2)O1. The lowest BCUT2D eigenvalue weighted by Gasteiger charge is -2.37. The first-order chi connectivity index (χ1) is 11.0. The van der Waals surface area contributed by atoms with Crippen molar-refractivity contribution in [1.82, 2.24) is 4.90 Å². The average Bonchev–Trinajstić information content (AvgIpc) is 2.54. The van der Waals surface area contributed by atoms with Crippen molar-refractivity contribution in [2.24, 2.45) is 0 Å². The van der Waals surface area contributed by atoms with E-state index in [9.17, 15) is 13.6 Å². The van der Waals surface area contributed by atoms with E-state index >= 15 is 0 Å². The van der Waals surface area contributed by atoms with Crippen molar-refractivity contribution in [1.29, 1.82) is 0 Å². The molecular formula is C18H17F2NO2. The van der Waals surface area contributed by atoms with Crippen LogP contribution in [0.15, 0.2) is 48.5 Å². The van der Waals surface area contributed by atoms with Crippen LogP contribution < -0.4 is 0 Å². The molecule has 0 bridgehead atoms. The first-order valence-electron chi connectivity index (χ1n) is 7.48. The van der Waals surface area contributed by atoms with Gasteiger partial charge < -0.3 is 9.64 Å². The minimum absolute atomic E-state index is 0.156. The van der Waals surface area contributed by atoms with Gasteiger partial charge in [-0.2, -0.15) is 0 Å². The standard InChI is InChI=1S/C18H17F2NO2/c1-12-10-21(18(22)14-3-2-4-16(20)9-14)11-17(23-12)13-5-7-15(19)8-6-13/h2-9,12,17H,10-11H2,1H3. The molecule has 2 atom stereocenters. The fourth-order valence-electron chi connectivity index (χ4n) is 2.78. The van der Waals surface area contributed by atoms with Crippen molar-refractivity contribution < 1.29 is 18.3 Å². The highest BCUT2D eigenvalue weighted by Gasteiger charge is 2.30. The van der Waals surface area contributed by atoms with Crippen molar-refractivity contribution in [2.75, 3.05) is 13.1 Å². The summed E-state index contributed by atoms with van der Waals surface area (Å²) in [4.78, 5) is 14.2. The normalized spacial score (nSPS) is 21.3. The molecule has 3 rings (SSSR count). The fourth-order valence-corrected chi connectivity index (χ4v) is 2.78. The number of halogens is 2. The van der Waals surface area contributed by atoms with E-state index in [1.54, 1.807) is 23.1 Å². The predicted octanol–water partition coefficient (Wildman–Crippen LogP) is 3.57. The van der Waals surface area contributed by atoms with Crippen molar-refractivity contribution in [2.45, 2.75) is 19.1 Å². The average molecular weight is 317 g/mol. The lowest BCUT2D eigenvalue weighted by atomic mass is 10.1. The van der Waals surface area contributed by atoms with Crippen LogP contribution >= 0.6 is 0 Å². The number of nitrogens with zero attached hydrogens (tertiary/aromatic N) is 1. The summed E-state index contributed by atoms with van der Waals surface area (Å²) in [6.45, 7) is 2.67. The molecule has 0 radical (unpaired) electrons. The molecular weight excluding hydrogens is 300 g/mol. The van der Waals surface area contributed by atoms with Crippen molar-refractivity contribution >= 4 is 5.91 Å². The predicted molar refractivity (Wildman–Crippen MR) is 82.0 cm³/mol. The Hall–Kier alpha value is -2.27. The van der Waals surface area contributed by atoms with Gasteiger partial charge in [0.25, 0.3) is 5.91 Å². The first-order valence-corrected chi connectivity index (χ1v) is 7.48. The third kappa shape index (κ3) is 3.56. The topological polar surface area (TPSA) is 29.5 Å². The lowest BCUT2D eigenvalue weighted by Crippen LogP contribution is -2.46. The molecule has 1 heterocycles. The third-order valence-electron chi connectivity index (χ3n) is 3.86. The number of morpholine rings is 1. The maximum atomic E-state index is 13.3. The summed E-state index contributed by atoms with van der Waals surface area (Å²) >= 11 is 0. The molecule has 5 heteroatoms. The van der Waals surface area contributed by atoms with E-state index in [0.29, 0.717) is 18.7 Å². The van der Waals surface area contributed by atoms with Crippen LogP contribution in [-0.2, 0) is 4.74 Å². The molecule has 120 valence electrons. The van der Waals surface area contributed by atoms with Gasteiger partial charge in [-0.1, -0.05) is 18.2 Å². The van der Waals surface area contributed by atoms with E-state index in [1.807, 2.05) is 6.92 Å². The Bertz CT molecular complexity index is 702. The van der Waals surface area contributed by atoms with Crippen LogP contribution in [0.4, 0.5) is 8.78 Å². The zero-order valence-corrected chi connectivity index (χ0v) is 12.7. The number of benzene rings is 2. The van der Waals surface area contributed by atoms with E-state index in [2.05, 4.69) is 0 Å². The third-order valence-corrected chi connectivity index (χ3v) is 3.86. The van der Waals surface area contributed by atoms with Crippen LogP contribution in [0.1, 0.15) is 28.9 Å². The Balaban J connectivity index is 1.80.